The number of hydrogen-bond acceptors (Lipinski definition) is 7. The van der Waals surface area contributed by atoms with Gasteiger partial charge in [-0.2, -0.15) is 0 Å². The van der Waals surface area contributed by atoms with Gasteiger partial charge in [-0.15, -0.1) is 46.6 Å². The van der Waals surface area contributed by atoms with Gasteiger partial charge in [0.2, 0.25) is 0 Å². The zero-order chi connectivity index (χ0) is 20.5. The first-order valence-corrected chi connectivity index (χ1v) is 12.9. The van der Waals surface area contributed by atoms with E-state index in [4.69, 9.17) is 4.74 Å². The number of thioether (sulfide) groups is 3. The van der Waals surface area contributed by atoms with Crippen LogP contribution in [0.4, 0.5) is 0 Å². The van der Waals surface area contributed by atoms with Crippen LogP contribution in [0.2, 0.25) is 0 Å². The number of ether oxygens (including phenoxy) is 1. The van der Waals surface area contributed by atoms with Gasteiger partial charge < -0.3 is 9.84 Å². The second-order valence-electron chi connectivity index (χ2n) is 7.21. The molecule has 0 bridgehead atoms. The summed E-state index contributed by atoms with van der Waals surface area (Å²) in [7, 11) is 1.45. The van der Waals surface area contributed by atoms with Crippen molar-refractivity contribution >= 4 is 68.4 Å². The molecule has 1 aromatic heterocycles. The highest BCUT2D eigenvalue weighted by molar-refractivity contribution is 8.11. The van der Waals surface area contributed by atoms with Gasteiger partial charge in [-0.1, -0.05) is 18.2 Å². The van der Waals surface area contributed by atoms with E-state index in [0.29, 0.717) is 23.3 Å². The Labute approximate surface area is 187 Å². The third kappa shape index (κ3) is 4.50. The Hall–Kier alpha value is -1.09. The van der Waals surface area contributed by atoms with Crippen molar-refractivity contribution in [1.82, 2.24) is 0 Å². The number of methoxy groups -OCH3 is 1. The summed E-state index contributed by atoms with van der Waals surface area (Å²) in [4.78, 5) is 27.8. The van der Waals surface area contributed by atoms with E-state index in [-0.39, 0.29) is 17.1 Å². The average Bonchev–Trinajstić information content (AvgIpc) is 3.46. The number of esters is 1. The molecule has 29 heavy (non-hydrogen) atoms. The second-order valence-corrected chi connectivity index (χ2v) is 11.9. The maximum atomic E-state index is 11.7. The van der Waals surface area contributed by atoms with Crippen LogP contribution in [0.3, 0.4) is 0 Å². The van der Waals surface area contributed by atoms with Crippen molar-refractivity contribution in [2.75, 3.05) is 7.11 Å². The average molecular weight is 467 g/mol. The Morgan fingerprint density at radius 3 is 2.72 bits per heavy atom. The number of thiophene rings is 1. The minimum Gasteiger partial charge on any atom is -0.480 e. The van der Waals surface area contributed by atoms with Crippen LogP contribution in [0.5, 0.6) is 0 Å². The number of carboxylic acids is 1. The molecule has 8 heteroatoms. The van der Waals surface area contributed by atoms with Crippen LogP contribution in [-0.2, 0) is 14.3 Å². The summed E-state index contributed by atoms with van der Waals surface area (Å²) in [5.74, 6) is -0.661. The Morgan fingerprint density at radius 2 is 2.00 bits per heavy atom. The summed E-state index contributed by atoms with van der Waals surface area (Å²) >= 11 is 6.95. The van der Waals surface area contributed by atoms with E-state index in [2.05, 4.69) is 36.6 Å². The van der Waals surface area contributed by atoms with E-state index in [9.17, 15) is 14.7 Å². The van der Waals surface area contributed by atoms with Gasteiger partial charge in [-0.3, -0.25) is 9.59 Å². The first-order valence-electron chi connectivity index (χ1n) is 9.43. The molecule has 4 rings (SSSR count). The molecule has 3 aliphatic rings. The van der Waals surface area contributed by atoms with Crippen LogP contribution in [0.1, 0.15) is 34.6 Å². The van der Waals surface area contributed by atoms with Crippen molar-refractivity contribution < 1.29 is 19.4 Å². The summed E-state index contributed by atoms with van der Waals surface area (Å²) in [6.07, 6.45) is 8.55. The molecule has 1 aromatic rings. The molecule has 4 nitrogen and oxygen atoms in total. The highest BCUT2D eigenvalue weighted by Gasteiger charge is 2.36. The first kappa shape index (κ1) is 21.2. The molecule has 3 aliphatic heterocycles. The fraction of sp³-hybridized carbons (Fsp3) is 0.429. The lowest BCUT2D eigenvalue weighted by atomic mass is 9.97. The molecule has 0 aliphatic carbocycles. The molecular weight excluding hydrogens is 444 g/mol. The molecule has 0 saturated carbocycles. The third-order valence-electron chi connectivity index (χ3n) is 5.24. The number of allylic oxidation sites excluding steroid dienone is 3. The summed E-state index contributed by atoms with van der Waals surface area (Å²) in [6, 6.07) is 2.18. The van der Waals surface area contributed by atoms with Crippen LogP contribution in [-0.4, -0.2) is 39.9 Å². The number of carbonyl (C=O) groups is 2. The van der Waals surface area contributed by atoms with Crippen LogP contribution >= 0.6 is 46.6 Å². The minimum absolute atomic E-state index is 0.149. The highest BCUT2D eigenvalue weighted by Crippen LogP contribution is 2.51. The number of carbonyl (C=O) groups excluding carboxylic acids is 1. The lowest BCUT2D eigenvalue weighted by Crippen LogP contribution is -2.25. The molecule has 0 fully saturated rings. The van der Waals surface area contributed by atoms with Gasteiger partial charge in [-0.05, 0) is 36.8 Å². The van der Waals surface area contributed by atoms with Crippen molar-refractivity contribution in [3.05, 3.63) is 45.0 Å². The lowest BCUT2D eigenvalue weighted by Gasteiger charge is -2.23. The van der Waals surface area contributed by atoms with Crippen molar-refractivity contribution in [3.63, 3.8) is 0 Å². The monoisotopic (exact) mass is 466 g/mol. The molecule has 4 heterocycles. The van der Waals surface area contributed by atoms with E-state index in [0.717, 1.165) is 16.2 Å². The van der Waals surface area contributed by atoms with Gasteiger partial charge in [0.05, 0.1) is 13.5 Å². The zero-order valence-corrected chi connectivity index (χ0v) is 19.4. The fourth-order valence-electron chi connectivity index (χ4n) is 3.72. The summed E-state index contributed by atoms with van der Waals surface area (Å²) < 4.78 is 4.86. The van der Waals surface area contributed by atoms with E-state index >= 15 is 0 Å². The molecule has 0 spiro atoms. The van der Waals surface area contributed by atoms with E-state index < -0.39 is 5.97 Å². The molecule has 1 N–H and O–H groups in total. The van der Waals surface area contributed by atoms with Crippen molar-refractivity contribution in [2.24, 2.45) is 5.92 Å². The smallest absolute Gasteiger partial charge is 0.317 e. The number of hydrogen-bond donors (Lipinski definition) is 1. The molecule has 4 unspecified atom stereocenters. The van der Waals surface area contributed by atoms with Crippen molar-refractivity contribution in [2.45, 2.75) is 41.9 Å². The summed E-state index contributed by atoms with van der Waals surface area (Å²) in [5.41, 5.74) is 1.24. The van der Waals surface area contributed by atoms with Gasteiger partial charge >= 0.3 is 11.9 Å². The van der Waals surface area contributed by atoms with Crippen molar-refractivity contribution in [1.29, 1.82) is 0 Å². The maximum Gasteiger partial charge on any atom is 0.317 e. The number of carboxylic acid groups (broad SMARTS) is 1. The van der Waals surface area contributed by atoms with Crippen LogP contribution in [0.25, 0.3) is 9.81 Å². The number of rotatable bonds is 6. The molecular formula is C21H22O4S4. The molecule has 4 atom stereocenters. The summed E-state index contributed by atoms with van der Waals surface area (Å²) in [6.45, 7) is 2.13. The van der Waals surface area contributed by atoms with Crippen LogP contribution in [0.15, 0.2) is 29.7 Å². The Balaban J connectivity index is 1.43. The predicted molar refractivity (Wildman–Crippen MR) is 125 cm³/mol. The van der Waals surface area contributed by atoms with Crippen LogP contribution < -0.4 is 0 Å². The fourth-order valence-corrected chi connectivity index (χ4v) is 9.09. The first-order chi connectivity index (χ1) is 14.0. The van der Waals surface area contributed by atoms with E-state index in [1.807, 2.05) is 23.5 Å². The standard InChI is InChI=1S/C21H22O4S4/c1-11-9-17(13-3-6-16(27-13)21(23)24)29-19(11)14-4-5-15(28-14)20-12(7-8-26-20)10-18(22)25-2/h3-4,7-9,12,15-16,20H,5-6,10H2,1-2H3,(H,23,24). The topological polar surface area (TPSA) is 63.6 Å². The van der Waals surface area contributed by atoms with Gasteiger partial charge in [0.1, 0.15) is 5.25 Å². The lowest BCUT2D eigenvalue weighted by molar-refractivity contribution is -0.141. The zero-order valence-electron chi connectivity index (χ0n) is 16.1. The molecule has 0 radical (unpaired) electrons. The van der Waals surface area contributed by atoms with E-state index in [1.165, 1.54) is 34.2 Å². The number of aryl methyl sites for hydroxylation is 1. The second kappa shape index (κ2) is 8.96. The SMILES string of the molecule is COC(=O)CC1C=CSC1C1CC=C(c2sc(C3=CCC(C(=O)O)S3)cc2C)S1. The normalized spacial score (nSPS) is 28.5. The minimum atomic E-state index is -0.740. The Morgan fingerprint density at radius 1 is 1.21 bits per heavy atom. The van der Waals surface area contributed by atoms with Crippen LogP contribution in [0, 0.1) is 12.8 Å². The molecule has 0 amide bonds. The van der Waals surface area contributed by atoms with Crippen molar-refractivity contribution in [3.8, 4) is 0 Å². The Kier molecular flexibility index (Phi) is 6.53. The quantitative estimate of drug-likeness (QED) is 0.544. The van der Waals surface area contributed by atoms with Gasteiger partial charge in [0.25, 0.3) is 0 Å². The largest absolute Gasteiger partial charge is 0.480 e. The highest BCUT2D eigenvalue weighted by atomic mass is 32.2. The third-order valence-corrected chi connectivity index (χ3v) is 11.0. The van der Waals surface area contributed by atoms with E-state index in [1.54, 1.807) is 11.3 Å². The summed E-state index contributed by atoms with van der Waals surface area (Å²) in [5, 5.41) is 11.8. The van der Waals surface area contributed by atoms with Gasteiger partial charge in [0.15, 0.2) is 0 Å². The number of aliphatic carboxylic acids is 1. The molecule has 154 valence electrons. The van der Waals surface area contributed by atoms with Gasteiger partial charge in [-0.25, -0.2) is 0 Å². The maximum absolute atomic E-state index is 11.7. The molecule has 0 aromatic carbocycles. The van der Waals surface area contributed by atoms with Gasteiger partial charge in [0, 0.05) is 36.0 Å². The Bertz CT molecular complexity index is 914. The molecule has 0 saturated heterocycles. The predicted octanol–water partition coefficient (Wildman–Crippen LogP) is 5.64.